The van der Waals surface area contributed by atoms with Crippen molar-refractivity contribution in [3.63, 3.8) is 0 Å². The highest BCUT2D eigenvalue weighted by Gasteiger charge is 2.18. The SMILES string of the molecule is Cc1cc(/C=C(\C#N)C(=O)NC[C@@H]2CCCO2)c(C)n1-c1ccc(-c2ccccc2)cc1. The summed E-state index contributed by atoms with van der Waals surface area (Å²) >= 11 is 0. The molecule has 0 spiro atoms. The monoisotopic (exact) mass is 425 g/mol. The van der Waals surface area contributed by atoms with Crippen molar-refractivity contribution in [2.45, 2.75) is 32.8 Å². The van der Waals surface area contributed by atoms with E-state index in [1.165, 1.54) is 5.56 Å². The highest BCUT2D eigenvalue weighted by atomic mass is 16.5. The molecule has 1 saturated heterocycles. The smallest absolute Gasteiger partial charge is 0.262 e. The molecule has 0 radical (unpaired) electrons. The maximum absolute atomic E-state index is 12.5. The summed E-state index contributed by atoms with van der Waals surface area (Å²) in [6.45, 7) is 5.20. The average molecular weight is 426 g/mol. The molecule has 1 atom stereocenters. The van der Waals surface area contributed by atoms with Crippen LogP contribution in [-0.2, 0) is 9.53 Å². The first-order valence-corrected chi connectivity index (χ1v) is 10.9. The third kappa shape index (κ3) is 4.66. The largest absolute Gasteiger partial charge is 0.376 e. The minimum atomic E-state index is -0.361. The summed E-state index contributed by atoms with van der Waals surface area (Å²) in [6, 6.07) is 22.7. The van der Waals surface area contributed by atoms with Crippen molar-refractivity contribution in [1.82, 2.24) is 9.88 Å². The van der Waals surface area contributed by atoms with E-state index in [-0.39, 0.29) is 17.6 Å². The van der Waals surface area contributed by atoms with Crippen LogP contribution in [0.25, 0.3) is 22.9 Å². The fourth-order valence-electron chi connectivity index (χ4n) is 4.18. The minimum absolute atomic E-state index is 0.0443. The molecule has 2 aromatic carbocycles. The molecule has 1 amide bonds. The van der Waals surface area contributed by atoms with Crippen molar-refractivity contribution in [1.29, 1.82) is 5.26 Å². The molecule has 0 saturated carbocycles. The van der Waals surface area contributed by atoms with Gasteiger partial charge in [0.05, 0.1) is 6.10 Å². The molecule has 2 heterocycles. The van der Waals surface area contributed by atoms with Crippen LogP contribution < -0.4 is 5.32 Å². The lowest BCUT2D eigenvalue weighted by atomic mass is 10.1. The third-order valence-electron chi connectivity index (χ3n) is 5.88. The van der Waals surface area contributed by atoms with Gasteiger partial charge in [-0.1, -0.05) is 42.5 Å². The van der Waals surface area contributed by atoms with E-state index >= 15 is 0 Å². The van der Waals surface area contributed by atoms with E-state index in [0.717, 1.165) is 47.7 Å². The van der Waals surface area contributed by atoms with Gasteiger partial charge in [0, 0.05) is 30.2 Å². The van der Waals surface area contributed by atoms with E-state index in [9.17, 15) is 10.1 Å². The van der Waals surface area contributed by atoms with Crippen molar-refractivity contribution in [3.8, 4) is 22.9 Å². The Kier molecular flexibility index (Phi) is 6.53. The number of carbonyl (C=O) groups is 1. The summed E-state index contributed by atoms with van der Waals surface area (Å²) in [6.07, 6.45) is 3.67. The van der Waals surface area contributed by atoms with Gasteiger partial charge >= 0.3 is 0 Å². The Labute approximate surface area is 189 Å². The second-order valence-electron chi connectivity index (χ2n) is 8.09. The summed E-state index contributed by atoms with van der Waals surface area (Å²) < 4.78 is 7.68. The maximum Gasteiger partial charge on any atom is 0.262 e. The zero-order chi connectivity index (χ0) is 22.5. The molecule has 1 fully saturated rings. The summed E-state index contributed by atoms with van der Waals surface area (Å²) in [5, 5.41) is 12.4. The molecular weight excluding hydrogens is 398 g/mol. The van der Waals surface area contributed by atoms with Gasteiger partial charge in [-0.25, -0.2) is 0 Å². The molecule has 5 nitrogen and oxygen atoms in total. The Balaban J connectivity index is 1.55. The summed E-state index contributed by atoms with van der Waals surface area (Å²) in [5.74, 6) is -0.361. The topological polar surface area (TPSA) is 67.1 Å². The van der Waals surface area contributed by atoms with Crippen LogP contribution >= 0.6 is 0 Å². The Hall–Kier alpha value is -3.62. The molecule has 4 rings (SSSR count). The van der Waals surface area contributed by atoms with Crippen molar-refractivity contribution in [3.05, 3.63) is 83.2 Å². The van der Waals surface area contributed by atoms with Crippen LogP contribution in [0.3, 0.4) is 0 Å². The zero-order valence-corrected chi connectivity index (χ0v) is 18.5. The molecule has 0 bridgehead atoms. The van der Waals surface area contributed by atoms with Gasteiger partial charge in [0.2, 0.25) is 0 Å². The second-order valence-corrected chi connectivity index (χ2v) is 8.09. The molecule has 0 aliphatic carbocycles. The predicted molar refractivity (Wildman–Crippen MR) is 126 cm³/mol. The van der Waals surface area contributed by atoms with E-state index in [0.29, 0.717) is 6.54 Å². The number of aryl methyl sites for hydroxylation is 1. The molecule has 1 aliphatic rings. The average Bonchev–Trinajstić information content (AvgIpc) is 3.44. The molecule has 5 heteroatoms. The number of carbonyl (C=O) groups excluding carboxylic acids is 1. The molecule has 3 aromatic rings. The quantitative estimate of drug-likeness (QED) is 0.448. The van der Waals surface area contributed by atoms with Gasteiger partial charge in [0.15, 0.2) is 0 Å². The Morgan fingerprint density at radius 3 is 2.53 bits per heavy atom. The number of nitriles is 1. The first-order valence-electron chi connectivity index (χ1n) is 10.9. The fourth-order valence-corrected chi connectivity index (χ4v) is 4.18. The number of benzene rings is 2. The van der Waals surface area contributed by atoms with E-state index in [1.807, 2.05) is 44.2 Å². The summed E-state index contributed by atoms with van der Waals surface area (Å²) in [5.41, 5.74) is 6.36. The summed E-state index contributed by atoms with van der Waals surface area (Å²) in [7, 11) is 0. The van der Waals surface area contributed by atoms with Crippen LogP contribution in [0.15, 0.2) is 66.2 Å². The van der Waals surface area contributed by atoms with Crippen molar-refractivity contribution in [2.24, 2.45) is 0 Å². The van der Waals surface area contributed by atoms with Gasteiger partial charge in [-0.05, 0) is 67.7 Å². The van der Waals surface area contributed by atoms with Gasteiger partial charge in [-0.3, -0.25) is 4.79 Å². The molecule has 1 N–H and O–H groups in total. The number of ether oxygens (including phenoxy) is 1. The molecule has 0 unspecified atom stereocenters. The van der Waals surface area contributed by atoms with Gasteiger partial charge in [-0.15, -0.1) is 0 Å². The first-order chi connectivity index (χ1) is 15.6. The van der Waals surface area contributed by atoms with Crippen molar-refractivity contribution >= 4 is 12.0 Å². The third-order valence-corrected chi connectivity index (χ3v) is 5.88. The lowest BCUT2D eigenvalue weighted by Gasteiger charge is -2.11. The maximum atomic E-state index is 12.5. The number of amides is 1. The number of rotatable bonds is 6. The Morgan fingerprint density at radius 2 is 1.88 bits per heavy atom. The van der Waals surface area contributed by atoms with E-state index in [2.05, 4.69) is 46.3 Å². The van der Waals surface area contributed by atoms with Crippen LogP contribution in [0, 0.1) is 25.2 Å². The lowest BCUT2D eigenvalue weighted by molar-refractivity contribution is -0.117. The van der Waals surface area contributed by atoms with Gasteiger partial charge in [0.1, 0.15) is 11.6 Å². The molecular formula is C27H27N3O2. The number of aromatic nitrogens is 1. The van der Waals surface area contributed by atoms with E-state index < -0.39 is 0 Å². The van der Waals surface area contributed by atoms with E-state index in [1.54, 1.807) is 6.08 Å². The highest BCUT2D eigenvalue weighted by Crippen LogP contribution is 2.26. The summed E-state index contributed by atoms with van der Waals surface area (Å²) in [4.78, 5) is 12.5. The lowest BCUT2D eigenvalue weighted by Crippen LogP contribution is -2.32. The van der Waals surface area contributed by atoms with Crippen LogP contribution in [0.4, 0.5) is 0 Å². The molecule has 162 valence electrons. The van der Waals surface area contributed by atoms with Crippen molar-refractivity contribution in [2.75, 3.05) is 13.2 Å². The van der Waals surface area contributed by atoms with Gasteiger partial charge in [-0.2, -0.15) is 5.26 Å². The number of nitrogens with one attached hydrogen (secondary N) is 1. The Bertz CT molecular complexity index is 1160. The number of nitrogens with zero attached hydrogens (tertiary/aromatic N) is 2. The highest BCUT2D eigenvalue weighted by molar-refractivity contribution is 6.01. The minimum Gasteiger partial charge on any atom is -0.376 e. The standard InChI is InChI=1S/C27H27N3O2/c1-19-15-23(16-24(17-28)27(31)29-18-26-9-6-14-32-26)20(2)30(19)25-12-10-22(11-13-25)21-7-4-3-5-8-21/h3-5,7-8,10-13,15-16,26H,6,9,14,18H2,1-2H3,(H,29,31)/b24-16+/t26-/m0/s1. The molecule has 32 heavy (non-hydrogen) atoms. The van der Waals surface area contributed by atoms with Gasteiger partial charge in [0.25, 0.3) is 5.91 Å². The van der Waals surface area contributed by atoms with Crippen LogP contribution in [0.2, 0.25) is 0 Å². The van der Waals surface area contributed by atoms with Crippen LogP contribution in [-0.4, -0.2) is 29.7 Å². The van der Waals surface area contributed by atoms with Crippen LogP contribution in [0.5, 0.6) is 0 Å². The first kappa shape index (κ1) is 21.6. The van der Waals surface area contributed by atoms with Crippen molar-refractivity contribution < 1.29 is 9.53 Å². The van der Waals surface area contributed by atoms with Gasteiger partial charge < -0.3 is 14.6 Å². The predicted octanol–water partition coefficient (Wildman–Crippen LogP) is 4.96. The number of hydrogen-bond acceptors (Lipinski definition) is 3. The fraction of sp³-hybridized carbons (Fsp3) is 0.259. The normalized spacial score (nSPS) is 16.0. The van der Waals surface area contributed by atoms with Crippen LogP contribution in [0.1, 0.15) is 29.8 Å². The Morgan fingerprint density at radius 1 is 1.16 bits per heavy atom. The molecule has 1 aromatic heterocycles. The zero-order valence-electron chi connectivity index (χ0n) is 18.5. The van der Waals surface area contributed by atoms with E-state index in [4.69, 9.17) is 4.74 Å². The second kappa shape index (κ2) is 9.67. The molecule has 1 aliphatic heterocycles. The number of hydrogen-bond donors (Lipinski definition) is 1.